The number of nitrogens with one attached hydrogen (secondary N) is 1. The summed E-state index contributed by atoms with van der Waals surface area (Å²) in [6.07, 6.45) is 3.05. The number of nitrogens with two attached hydrogens (primary N) is 1. The lowest BCUT2D eigenvalue weighted by Gasteiger charge is -2.31. The van der Waals surface area contributed by atoms with E-state index in [1.54, 1.807) is 0 Å². The fraction of sp³-hybridized carbons (Fsp3) is 0.733. The van der Waals surface area contributed by atoms with Crippen molar-refractivity contribution < 1.29 is 5.11 Å². The predicted molar refractivity (Wildman–Crippen MR) is 85.3 cm³/mol. The first kappa shape index (κ1) is 16.0. The molecule has 1 fully saturated rings. The molecule has 6 nitrogen and oxygen atoms in total. The van der Waals surface area contributed by atoms with E-state index in [0.29, 0.717) is 18.5 Å². The minimum atomic E-state index is 0.325. The Balaban J connectivity index is 1.83. The molecule has 0 unspecified atom stereocenters. The standard InChI is InChI=1S/C15H27N5O/c1-3-13-11(2)14(19-15(16)18-13)17-6-9-20-7-4-12(10-21)5-8-20/h12,21H,3-10H2,1-2H3,(H3,16,17,18,19). The van der Waals surface area contributed by atoms with E-state index in [2.05, 4.69) is 27.1 Å². The van der Waals surface area contributed by atoms with E-state index in [0.717, 1.165) is 62.5 Å². The molecule has 1 aliphatic rings. The van der Waals surface area contributed by atoms with Crippen molar-refractivity contribution in [3.63, 3.8) is 0 Å². The highest BCUT2D eigenvalue weighted by atomic mass is 16.3. The zero-order valence-corrected chi connectivity index (χ0v) is 13.1. The first-order valence-corrected chi connectivity index (χ1v) is 7.84. The van der Waals surface area contributed by atoms with Crippen LogP contribution in [0.3, 0.4) is 0 Å². The Morgan fingerprint density at radius 3 is 2.67 bits per heavy atom. The van der Waals surface area contributed by atoms with Crippen LogP contribution in [0.1, 0.15) is 31.0 Å². The van der Waals surface area contributed by atoms with Gasteiger partial charge in [-0.2, -0.15) is 4.98 Å². The Morgan fingerprint density at radius 1 is 1.33 bits per heavy atom. The lowest BCUT2D eigenvalue weighted by Crippen LogP contribution is -2.37. The molecule has 0 spiro atoms. The Kier molecular flexibility index (Phi) is 5.76. The van der Waals surface area contributed by atoms with Gasteiger partial charge in [0.2, 0.25) is 5.95 Å². The topological polar surface area (TPSA) is 87.3 Å². The largest absolute Gasteiger partial charge is 0.396 e. The van der Waals surface area contributed by atoms with Crippen LogP contribution >= 0.6 is 0 Å². The van der Waals surface area contributed by atoms with Crippen LogP contribution in [0.25, 0.3) is 0 Å². The van der Waals surface area contributed by atoms with Gasteiger partial charge in [0.25, 0.3) is 0 Å². The minimum Gasteiger partial charge on any atom is -0.396 e. The van der Waals surface area contributed by atoms with Crippen LogP contribution in [0.4, 0.5) is 11.8 Å². The monoisotopic (exact) mass is 293 g/mol. The Labute approximate surface area is 126 Å². The average Bonchev–Trinajstić information content (AvgIpc) is 2.51. The fourth-order valence-electron chi connectivity index (χ4n) is 2.82. The van der Waals surface area contributed by atoms with Gasteiger partial charge < -0.3 is 21.1 Å². The molecule has 21 heavy (non-hydrogen) atoms. The number of rotatable bonds is 6. The lowest BCUT2D eigenvalue weighted by atomic mass is 9.98. The number of aliphatic hydroxyl groups is 1. The maximum absolute atomic E-state index is 9.15. The maximum atomic E-state index is 9.15. The van der Waals surface area contributed by atoms with Gasteiger partial charge in [-0.25, -0.2) is 4.98 Å². The molecule has 2 heterocycles. The number of anilines is 2. The van der Waals surface area contributed by atoms with Crippen molar-refractivity contribution in [1.82, 2.24) is 14.9 Å². The number of aryl methyl sites for hydroxylation is 1. The van der Waals surface area contributed by atoms with Crippen molar-refractivity contribution in [3.8, 4) is 0 Å². The van der Waals surface area contributed by atoms with Crippen LogP contribution in [-0.4, -0.2) is 52.8 Å². The van der Waals surface area contributed by atoms with Crippen LogP contribution in [0, 0.1) is 12.8 Å². The molecule has 0 aromatic carbocycles. The van der Waals surface area contributed by atoms with Crippen LogP contribution in [-0.2, 0) is 6.42 Å². The number of likely N-dealkylation sites (tertiary alicyclic amines) is 1. The minimum absolute atomic E-state index is 0.325. The molecule has 118 valence electrons. The summed E-state index contributed by atoms with van der Waals surface area (Å²) in [5.74, 6) is 1.68. The van der Waals surface area contributed by atoms with Gasteiger partial charge in [0, 0.05) is 25.3 Å². The van der Waals surface area contributed by atoms with Gasteiger partial charge in [-0.05, 0) is 45.2 Å². The van der Waals surface area contributed by atoms with Gasteiger partial charge in [0.1, 0.15) is 5.82 Å². The highest BCUT2D eigenvalue weighted by Gasteiger charge is 2.18. The van der Waals surface area contributed by atoms with E-state index in [4.69, 9.17) is 10.8 Å². The Hall–Kier alpha value is -1.40. The molecule has 1 aliphatic heterocycles. The molecule has 0 amide bonds. The average molecular weight is 293 g/mol. The zero-order valence-electron chi connectivity index (χ0n) is 13.1. The van der Waals surface area contributed by atoms with E-state index in [1.165, 1.54) is 0 Å². The van der Waals surface area contributed by atoms with E-state index in [-0.39, 0.29) is 0 Å². The van der Waals surface area contributed by atoms with Gasteiger partial charge in [-0.3, -0.25) is 0 Å². The highest BCUT2D eigenvalue weighted by Crippen LogP contribution is 2.18. The van der Waals surface area contributed by atoms with E-state index in [1.807, 2.05) is 6.92 Å². The quantitative estimate of drug-likeness (QED) is 0.726. The van der Waals surface area contributed by atoms with Crippen LogP contribution in [0.2, 0.25) is 0 Å². The summed E-state index contributed by atoms with van der Waals surface area (Å²) >= 11 is 0. The molecule has 2 rings (SSSR count). The molecule has 1 saturated heterocycles. The molecule has 0 atom stereocenters. The van der Waals surface area contributed by atoms with Gasteiger partial charge >= 0.3 is 0 Å². The SMILES string of the molecule is CCc1nc(N)nc(NCCN2CCC(CO)CC2)c1C. The second kappa shape index (κ2) is 7.56. The zero-order chi connectivity index (χ0) is 15.2. The third-order valence-electron chi connectivity index (χ3n) is 4.28. The molecule has 4 N–H and O–H groups in total. The van der Waals surface area contributed by atoms with Crippen molar-refractivity contribution in [2.45, 2.75) is 33.1 Å². The number of hydrogen-bond donors (Lipinski definition) is 3. The van der Waals surface area contributed by atoms with Gasteiger partial charge in [-0.15, -0.1) is 0 Å². The summed E-state index contributed by atoms with van der Waals surface area (Å²) in [5.41, 5.74) is 7.85. The second-order valence-electron chi connectivity index (χ2n) is 5.75. The van der Waals surface area contributed by atoms with E-state index < -0.39 is 0 Å². The summed E-state index contributed by atoms with van der Waals surface area (Å²) in [4.78, 5) is 11.0. The number of hydrogen-bond acceptors (Lipinski definition) is 6. The van der Waals surface area contributed by atoms with Crippen molar-refractivity contribution in [3.05, 3.63) is 11.3 Å². The van der Waals surface area contributed by atoms with Gasteiger partial charge in [0.15, 0.2) is 0 Å². The smallest absolute Gasteiger partial charge is 0.222 e. The van der Waals surface area contributed by atoms with E-state index >= 15 is 0 Å². The molecular weight excluding hydrogens is 266 g/mol. The molecule has 1 aromatic heterocycles. The predicted octanol–water partition coefficient (Wildman–Crippen LogP) is 1.05. The molecule has 0 bridgehead atoms. The van der Waals surface area contributed by atoms with Crippen molar-refractivity contribution in [1.29, 1.82) is 0 Å². The van der Waals surface area contributed by atoms with Crippen molar-refractivity contribution in [2.24, 2.45) is 5.92 Å². The van der Waals surface area contributed by atoms with Crippen LogP contribution in [0.5, 0.6) is 0 Å². The maximum Gasteiger partial charge on any atom is 0.222 e. The molecule has 0 aliphatic carbocycles. The van der Waals surface area contributed by atoms with Gasteiger partial charge in [-0.1, -0.05) is 6.92 Å². The molecular formula is C15H27N5O. The summed E-state index contributed by atoms with van der Waals surface area (Å²) in [7, 11) is 0. The Morgan fingerprint density at radius 2 is 2.05 bits per heavy atom. The summed E-state index contributed by atoms with van der Waals surface area (Å²) in [6, 6.07) is 0. The molecule has 0 saturated carbocycles. The Bertz CT molecular complexity index is 458. The molecule has 6 heteroatoms. The van der Waals surface area contributed by atoms with Crippen LogP contribution < -0.4 is 11.1 Å². The van der Waals surface area contributed by atoms with Crippen LogP contribution in [0.15, 0.2) is 0 Å². The summed E-state index contributed by atoms with van der Waals surface area (Å²) in [5, 5.41) is 12.5. The number of nitrogen functional groups attached to an aromatic ring is 1. The first-order chi connectivity index (χ1) is 10.1. The first-order valence-electron chi connectivity index (χ1n) is 7.84. The van der Waals surface area contributed by atoms with Crippen molar-refractivity contribution >= 4 is 11.8 Å². The second-order valence-corrected chi connectivity index (χ2v) is 5.75. The third-order valence-corrected chi connectivity index (χ3v) is 4.28. The fourth-order valence-corrected chi connectivity index (χ4v) is 2.82. The molecule has 0 radical (unpaired) electrons. The van der Waals surface area contributed by atoms with E-state index in [9.17, 15) is 0 Å². The molecule has 1 aromatic rings. The number of nitrogens with zero attached hydrogens (tertiary/aromatic N) is 3. The summed E-state index contributed by atoms with van der Waals surface area (Å²) in [6.45, 7) is 8.41. The number of piperidine rings is 1. The normalized spacial score (nSPS) is 17.1. The highest BCUT2D eigenvalue weighted by molar-refractivity contribution is 5.48. The third kappa shape index (κ3) is 4.28. The van der Waals surface area contributed by atoms with Gasteiger partial charge in [0.05, 0.1) is 5.69 Å². The van der Waals surface area contributed by atoms with Crippen molar-refractivity contribution in [2.75, 3.05) is 43.8 Å². The number of aromatic nitrogens is 2. The number of aliphatic hydroxyl groups excluding tert-OH is 1. The lowest BCUT2D eigenvalue weighted by molar-refractivity contribution is 0.134. The summed E-state index contributed by atoms with van der Waals surface area (Å²) < 4.78 is 0.